The molecular formula is C11H14N2O2S2. The Morgan fingerprint density at radius 2 is 2.41 bits per heavy atom. The van der Waals surface area contributed by atoms with Crippen molar-refractivity contribution >= 4 is 21.2 Å². The first-order valence-corrected chi connectivity index (χ1v) is 8.11. The Morgan fingerprint density at radius 1 is 1.59 bits per heavy atom. The van der Waals surface area contributed by atoms with Crippen LogP contribution < -0.4 is 5.32 Å². The van der Waals surface area contributed by atoms with E-state index in [-0.39, 0.29) is 5.25 Å². The van der Waals surface area contributed by atoms with Gasteiger partial charge in [0.25, 0.3) is 0 Å². The van der Waals surface area contributed by atoms with E-state index in [0.717, 1.165) is 17.7 Å². The van der Waals surface area contributed by atoms with Crippen LogP contribution in [0.5, 0.6) is 0 Å². The molecule has 2 rings (SSSR count). The van der Waals surface area contributed by atoms with E-state index in [1.807, 2.05) is 11.4 Å². The lowest BCUT2D eigenvalue weighted by Gasteiger charge is -2.09. The van der Waals surface area contributed by atoms with Gasteiger partial charge in [-0.15, -0.1) is 11.3 Å². The highest BCUT2D eigenvalue weighted by Gasteiger charge is 2.30. The summed E-state index contributed by atoms with van der Waals surface area (Å²) in [4.78, 5) is 1.07. The first-order chi connectivity index (χ1) is 8.12. The number of nitrogens with one attached hydrogen (secondary N) is 1. The standard InChI is InChI=1S/C11H14N2O2S2/c12-5-9-4-10(16-8-9)6-13-7-11-2-1-3-17(11,14)15/h4,8,11,13H,1-3,6-7H2. The van der Waals surface area contributed by atoms with E-state index in [4.69, 9.17) is 5.26 Å². The minimum Gasteiger partial charge on any atom is -0.311 e. The quantitative estimate of drug-likeness (QED) is 0.895. The maximum absolute atomic E-state index is 11.6. The van der Waals surface area contributed by atoms with Crippen molar-refractivity contribution in [2.45, 2.75) is 24.6 Å². The van der Waals surface area contributed by atoms with Crippen molar-refractivity contribution in [1.29, 1.82) is 5.26 Å². The van der Waals surface area contributed by atoms with Crippen molar-refractivity contribution in [2.75, 3.05) is 12.3 Å². The summed E-state index contributed by atoms with van der Waals surface area (Å²) in [6, 6.07) is 3.91. The molecule has 0 aliphatic carbocycles. The average molecular weight is 270 g/mol. The summed E-state index contributed by atoms with van der Waals surface area (Å²) in [5.74, 6) is 0.330. The molecule has 0 radical (unpaired) electrons. The molecule has 17 heavy (non-hydrogen) atoms. The molecule has 1 N–H and O–H groups in total. The third-order valence-corrected chi connectivity index (χ3v) is 6.13. The van der Waals surface area contributed by atoms with E-state index < -0.39 is 9.84 Å². The minimum atomic E-state index is -2.85. The van der Waals surface area contributed by atoms with Gasteiger partial charge in [0.15, 0.2) is 9.84 Å². The van der Waals surface area contributed by atoms with Gasteiger partial charge in [-0.2, -0.15) is 5.26 Å². The molecule has 2 heterocycles. The van der Waals surface area contributed by atoms with Gasteiger partial charge < -0.3 is 5.32 Å². The predicted octanol–water partition coefficient (Wildman–Crippen LogP) is 1.29. The smallest absolute Gasteiger partial charge is 0.154 e. The van der Waals surface area contributed by atoms with Crippen LogP contribution in [-0.2, 0) is 16.4 Å². The van der Waals surface area contributed by atoms with Crippen LogP contribution in [0, 0.1) is 11.3 Å². The molecule has 0 saturated carbocycles. The van der Waals surface area contributed by atoms with Gasteiger partial charge in [-0.05, 0) is 18.9 Å². The van der Waals surface area contributed by atoms with E-state index in [0.29, 0.717) is 24.4 Å². The molecule has 1 aromatic heterocycles. The summed E-state index contributed by atoms with van der Waals surface area (Å²) in [6.07, 6.45) is 1.55. The monoisotopic (exact) mass is 270 g/mol. The summed E-state index contributed by atoms with van der Waals surface area (Å²) in [5.41, 5.74) is 0.667. The number of hydrogen-bond acceptors (Lipinski definition) is 5. The molecule has 1 saturated heterocycles. The van der Waals surface area contributed by atoms with Crippen LogP contribution >= 0.6 is 11.3 Å². The highest BCUT2D eigenvalue weighted by molar-refractivity contribution is 7.92. The largest absolute Gasteiger partial charge is 0.311 e. The molecule has 92 valence electrons. The second kappa shape index (κ2) is 5.17. The Kier molecular flexibility index (Phi) is 3.82. The average Bonchev–Trinajstić information content (AvgIpc) is 2.86. The van der Waals surface area contributed by atoms with E-state index in [1.54, 1.807) is 0 Å². The van der Waals surface area contributed by atoms with Crippen molar-refractivity contribution in [3.63, 3.8) is 0 Å². The van der Waals surface area contributed by atoms with Gasteiger partial charge in [0.05, 0.1) is 16.6 Å². The van der Waals surface area contributed by atoms with Crippen LogP contribution in [0.15, 0.2) is 11.4 Å². The van der Waals surface area contributed by atoms with Crippen LogP contribution in [0.4, 0.5) is 0 Å². The molecule has 1 atom stereocenters. The number of sulfone groups is 1. The summed E-state index contributed by atoms with van der Waals surface area (Å²) < 4.78 is 23.1. The highest BCUT2D eigenvalue weighted by Crippen LogP contribution is 2.19. The normalized spacial score (nSPS) is 22.4. The fourth-order valence-corrected chi connectivity index (χ4v) is 4.56. The molecule has 4 nitrogen and oxygen atoms in total. The van der Waals surface area contributed by atoms with Crippen molar-refractivity contribution in [2.24, 2.45) is 0 Å². The number of nitriles is 1. The van der Waals surface area contributed by atoms with Crippen LogP contribution in [-0.4, -0.2) is 26.0 Å². The molecular weight excluding hydrogens is 256 g/mol. The van der Waals surface area contributed by atoms with Gasteiger partial charge in [-0.25, -0.2) is 8.42 Å². The Hall–Kier alpha value is -0.900. The third kappa shape index (κ3) is 3.06. The highest BCUT2D eigenvalue weighted by atomic mass is 32.2. The Morgan fingerprint density at radius 3 is 3.00 bits per heavy atom. The topological polar surface area (TPSA) is 70.0 Å². The maximum Gasteiger partial charge on any atom is 0.154 e. The zero-order valence-corrected chi connectivity index (χ0v) is 11.0. The number of hydrogen-bond donors (Lipinski definition) is 1. The molecule has 0 aromatic carbocycles. The second-order valence-electron chi connectivity index (χ2n) is 4.18. The van der Waals surface area contributed by atoms with Crippen molar-refractivity contribution in [3.05, 3.63) is 21.9 Å². The summed E-state index contributed by atoms with van der Waals surface area (Å²) >= 11 is 1.52. The third-order valence-electron chi connectivity index (χ3n) is 2.92. The van der Waals surface area contributed by atoms with Crippen molar-refractivity contribution in [1.82, 2.24) is 5.32 Å². The van der Waals surface area contributed by atoms with Gasteiger partial charge >= 0.3 is 0 Å². The van der Waals surface area contributed by atoms with E-state index in [1.165, 1.54) is 11.3 Å². The molecule has 0 spiro atoms. The molecule has 6 heteroatoms. The molecule has 1 unspecified atom stereocenters. The van der Waals surface area contributed by atoms with Gasteiger partial charge in [-0.3, -0.25) is 0 Å². The lowest BCUT2D eigenvalue weighted by Crippen LogP contribution is -2.29. The van der Waals surface area contributed by atoms with Gasteiger partial charge in [0.2, 0.25) is 0 Å². The number of nitrogens with zero attached hydrogens (tertiary/aromatic N) is 1. The van der Waals surface area contributed by atoms with Crippen LogP contribution in [0.2, 0.25) is 0 Å². The van der Waals surface area contributed by atoms with Gasteiger partial charge in [-0.1, -0.05) is 0 Å². The zero-order chi connectivity index (χ0) is 12.3. The van der Waals surface area contributed by atoms with Crippen molar-refractivity contribution < 1.29 is 8.42 Å². The summed E-state index contributed by atoms with van der Waals surface area (Å²) in [6.45, 7) is 1.15. The number of rotatable bonds is 4. The molecule has 1 aliphatic heterocycles. The van der Waals surface area contributed by atoms with Crippen molar-refractivity contribution in [3.8, 4) is 6.07 Å². The molecule has 1 fully saturated rings. The fourth-order valence-electron chi connectivity index (χ4n) is 1.98. The lowest BCUT2D eigenvalue weighted by atomic mass is 10.2. The van der Waals surface area contributed by atoms with Crippen LogP contribution in [0.3, 0.4) is 0 Å². The predicted molar refractivity (Wildman–Crippen MR) is 67.5 cm³/mol. The minimum absolute atomic E-state index is 0.224. The fraction of sp³-hybridized carbons (Fsp3) is 0.545. The maximum atomic E-state index is 11.6. The lowest BCUT2D eigenvalue weighted by molar-refractivity contribution is 0.575. The SMILES string of the molecule is N#Cc1csc(CNCC2CCCS2(=O)=O)c1. The summed E-state index contributed by atoms with van der Waals surface area (Å²) in [5, 5.41) is 13.4. The van der Waals surface area contributed by atoms with Crippen LogP contribution in [0.25, 0.3) is 0 Å². The Bertz CT molecular complexity index is 528. The van der Waals surface area contributed by atoms with E-state index in [9.17, 15) is 8.42 Å². The molecule has 1 aliphatic rings. The molecule has 0 bridgehead atoms. The Balaban J connectivity index is 1.82. The van der Waals surface area contributed by atoms with Gasteiger partial charge in [0.1, 0.15) is 6.07 Å². The first kappa shape index (κ1) is 12.6. The second-order valence-corrected chi connectivity index (χ2v) is 7.57. The van der Waals surface area contributed by atoms with E-state index >= 15 is 0 Å². The van der Waals surface area contributed by atoms with E-state index in [2.05, 4.69) is 11.4 Å². The van der Waals surface area contributed by atoms with Crippen LogP contribution in [0.1, 0.15) is 23.3 Å². The number of thiophene rings is 1. The molecule has 1 aromatic rings. The first-order valence-electron chi connectivity index (χ1n) is 5.51. The molecule has 0 amide bonds. The summed E-state index contributed by atoms with van der Waals surface area (Å²) in [7, 11) is -2.85. The Labute approximate surface area is 105 Å². The zero-order valence-electron chi connectivity index (χ0n) is 9.35. The van der Waals surface area contributed by atoms with Gasteiger partial charge in [0, 0.05) is 23.3 Å².